The van der Waals surface area contributed by atoms with E-state index < -0.39 is 38.2 Å². The molecule has 19 heavy (non-hydrogen) atoms. The van der Waals surface area contributed by atoms with Gasteiger partial charge in [0, 0.05) is 7.05 Å². The van der Waals surface area contributed by atoms with Crippen LogP contribution >= 0.6 is 11.6 Å². The van der Waals surface area contributed by atoms with Gasteiger partial charge in [0.05, 0.1) is 16.7 Å². The van der Waals surface area contributed by atoms with Crippen molar-refractivity contribution in [3.63, 3.8) is 0 Å². The SMILES string of the molecule is CN(CC#N)S(=O)(=O)c1c(Cl)cccc1C(F)(F)F. The van der Waals surface area contributed by atoms with Gasteiger partial charge in [0.15, 0.2) is 0 Å². The second kappa shape index (κ2) is 5.36. The van der Waals surface area contributed by atoms with E-state index in [1.165, 1.54) is 0 Å². The summed E-state index contributed by atoms with van der Waals surface area (Å²) in [5.74, 6) is 0. The van der Waals surface area contributed by atoms with E-state index in [0.29, 0.717) is 10.4 Å². The van der Waals surface area contributed by atoms with Crippen LogP contribution < -0.4 is 0 Å². The second-order valence-corrected chi connectivity index (χ2v) is 5.92. The first-order chi connectivity index (χ1) is 8.62. The quantitative estimate of drug-likeness (QED) is 0.806. The van der Waals surface area contributed by atoms with Gasteiger partial charge in [-0.2, -0.15) is 22.7 Å². The number of alkyl halides is 3. The number of nitriles is 1. The van der Waals surface area contributed by atoms with Gasteiger partial charge in [0.2, 0.25) is 10.0 Å². The first-order valence-electron chi connectivity index (χ1n) is 4.81. The van der Waals surface area contributed by atoms with Crippen molar-refractivity contribution < 1.29 is 21.6 Å². The summed E-state index contributed by atoms with van der Waals surface area (Å²) >= 11 is 5.58. The Morgan fingerprint density at radius 1 is 1.42 bits per heavy atom. The first-order valence-corrected chi connectivity index (χ1v) is 6.63. The molecule has 9 heteroatoms. The van der Waals surface area contributed by atoms with Gasteiger partial charge >= 0.3 is 6.18 Å². The molecule has 0 heterocycles. The fraction of sp³-hybridized carbons (Fsp3) is 0.300. The standard InChI is InChI=1S/C10H8ClF3N2O2S/c1-16(6-5-15)19(17,18)9-7(10(12,13)14)3-2-4-8(9)11/h2-4H,6H2,1H3. The van der Waals surface area contributed by atoms with Crippen LogP contribution in [0.2, 0.25) is 5.02 Å². The second-order valence-electron chi connectivity index (χ2n) is 3.53. The molecule has 0 aliphatic rings. The average Bonchev–Trinajstić information content (AvgIpc) is 2.27. The van der Waals surface area contributed by atoms with Crippen LogP contribution in [-0.2, 0) is 16.2 Å². The molecule has 0 radical (unpaired) electrons. The Labute approximate surface area is 113 Å². The highest BCUT2D eigenvalue weighted by molar-refractivity contribution is 7.89. The van der Waals surface area contributed by atoms with E-state index in [9.17, 15) is 21.6 Å². The molecule has 0 amide bonds. The topological polar surface area (TPSA) is 61.2 Å². The van der Waals surface area contributed by atoms with E-state index in [1.54, 1.807) is 6.07 Å². The Kier molecular flexibility index (Phi) is 4.45. The summed E-state index contributed by atoms with van der Waals surface area (Å²) in [6.07, 6.45) is -4.86. The maximum absolute atomic E-state index is 12.8. The zero-order valence-corrected chi connectivity index (χ0v) is 11.1. The van der Waals surface area contributed by atoms with Crippen LogP contribution in [0, 0.1) is 11.3 Å². The number of rotatable bonds is 3. The van der Waals surface area contributed by atoms with Gasteiger partial charge in [-0.25, -0.2) is 8.42 Å². The molecule has 0 aliphatic carbocycles. The molecule has 1 rings (SSSR count). The fourth-order valence-electron chi connectivity index (χ4n) is 1.33. The van der Waals surface area contributed by atoms with Crippen molar-refractivity contribution in [1.82, 2.24) is 4.31 Å². The van der Waals surface area contributed by atoms with Crippen molar-refractivity contribution in [2.24, 2.45) is 0 Å². The van der Waals surface area contributed by atoms with Crippen LogP contribution in [0.1, 0.15) is 5.56 Å². The summed E-state index contributed by atoms with van der Waals surface area (Å²) < 4.78 is 62.9. The minimum absolute atomic E-state index is 0.503. The predicted octanol–water partition coefficient (Wildman–Crippen LogP) is 2.50. The van der Waals surface area contributed by atoms with Crippen LogP contribution in [-0.4, -0.2) is 26.3 Å². The molecule has 0 unspecified atom stereocenters. The van der Waals surface area contributed by atoms with Gasteiger partial charge in [-0.05, 0) is 12.1 Å². The van der Waals surface area contributed by atoms with Gasteiger partial charge in [-0.1, -0.05) is 17.7 Å². The van der Waals surface area contributed by atoms with Gasteiger partial charge in [0.25, 0.3) is 0 Å². The molecule has 104 valence electrons. The molecule has 1 aromatic rings. The highest BCUT2D eigenvalue weighted by Crippen LogP contribution is 2.38. The van der Waals surface area contributed by atoms with E-state index in [4.69, 9.17) is 16.9 Å². The molecule has 0 N–H and O–H groups in total. The summed E-state index contributed by atoms with van der Waals surface area (Å²) in [6, 6.07) is 4.22. The Bertz CT molecular complexity index is 623. The highest BCUT2D eigenvalue weighted by Gasteiger charge is 2.39. The van der Waals surface area contributed by atoms with E-state index >= 15 is 0 Å². The largest absolute Gasteiger partial charge is 0.417 e. The zero-order chi connectivity index (χ0) is 14.8. The van der Waals surface area contributed by atoms with Crippen LogP contribution in [0.5, 0.6) is 0 Å². The van der Waals surface area contributed by atoms with Crippen molar-refractivity contribution in [3.05, 3.63) is 28.8 Å². The van der Waals surface area contributed by atoms with Crippen LogP contribution in [0.4, 0.5) is 13.2 Å². The molecule has 0 aliphatic heterocycles. The molecule has 0 saturated carbocycles. The normalized spacial score (nSPS) is 12.5. The molecular formula is C10H8ClF3N2O2S. The summed E-state index contributed by atoms with van der Waals surface area (Å²) in [5.41, 5.74) is -1.36. The lowest BCUT2D eigenvalue weighted by atomic mass is 10.2. The maximum atomic E-state index is 12.8. The zero-order valence-electron chi connectivity index (χ0n) is 9.57. The molecular weight excluding hydrogens is 305 g/mol. The Morgan fingerprint density at radius 3 is 2.47 bits per heavy atom. The Hall–Kier alpha value is -1.30. The lowest BCUT2D eigenvalue weighted by Gasteiger charge is -2.19. The highest BCUT2D eigenvalue weighted by atomic mass is 35.5. The number of benzene rings is 1. The predicted molar refractivity (Wildman–Crippen MR) is 61.9 cm³/mol. The van der Waals surface area contributed by atoms with E-state index in [-0.39, 0.29) is 0 Å². The summed E-state index contributed by atoms with van der Waals surface area (Å²) in [5, 5.41) is 7.89. The summed E-state index contributed by atoms with van der Waals surface area (Å²) in [4.78, 5) is -1.04. The van der Waals surface area contributed by atoms with Crippen LogP contribution in [0.3, 0.4) is 0 Å². The maximum Gasteiger partial charge on any atom is 0.417 e. The number of hydrogen-bond acceptors (Lipinski definition) is 3. The van der Waals surface area contributed by atoms with Crippen molar-refractivity contribution in [1.29, 1.82) is 5.26 Å². The van der Waals surface area contributed by atoms with Crippen molar-refractivity contribution >= 4 is 21.6 Å². The monoisotopic (exact) mass is 312 g/mol. The van der Waals surface area contributed by atoms with Gasteiger partial charge in [-0.15, -0.1) is 0 Å². The summed E-state index contributed by atoms with van der Waals surface area (Å²) in [7, 11) is -3.48. The summed E-state index contributed by atoms with van der Waals surface area (Å²) in [6.45, 7) is -0.579. The van der Waals surface area contributed by atoms with Crippen molar-refractivity contribution in [2.45, 2.75) is 11.1 Å². The molecule has 4 nitrogen and oxygen atoms in total. The molecule has 0 atom stereocenters. The number of halogens is 4. The number of hydrogen-bond donors (Lipinski definition) is 0. The van der Waals surface area contributed by atoms with Crippen molar-refractivity contribution in [2.75, 3.05) is 13.6 Å². The Morgan fingerprint density at radius 2 is 2.00 bits per heavy atom. The lowest BCUT2D eigenvalue weighted by Crippen LogP contribution is -2.29. The van der Waals surface area contributed by atoms with Gasteiger partial charge in [-0.3, -0.25) is 0 Å². The number of nitrogens with zero attached hydrogens (tertiary/aromatic N) is 2. The van der Waals surface area contributed by atoms with E-state index in [2.05, 4.69) is 0 Å². The number of sulfonamides is 1. The van der Waals surface area contributed by atoms with Crippen molar-refractivity contribution in [3.8, 4) is 6.07 Å². The molecule has 1 aromatic carbocycles. The third-order valence-electron chi connectivity index (χ3n) is 2.23. The molecule has 0 spiro atoms. The first kappa shape index (κ1) is 15.8. The minimum Gasteiger partial charge on any atom is -0.207 e. The Balaban J connectivity index is 3.56. The molecule has 0 bridgehead atoms. The minimum atomic E-state index is -4.86. The van der Waals surface area contributed by atoms with E-state index in [0.717, 1.165) is 19.2 Å². The van der Waals surface area contributed by atoms with Crippen LogP contribution in [0.25, 0.3) is 0 Å². The van der Waals surface area contributed by atoms with E-state index in [1.807, 2.05) is 0 Å². The fourth-order valence-corrected chi connectivity index (χ4v) is 3.12. The van der Waals surface area contributed by atoms with Gasteiger partial charge < -0.3 is 0 Å². The third-order valence-corrected chi connectivity index (χ3v) is 4.57. The lowest BCUT2D eigenvalue weighted by molar-refractivity contribution is -0.139. The molecule has 0 fully saturated rings. The smallest absolute Gasteiger partial charge is 0.207 e. The third kappa shape index (κ3) is 3.18. The van der Waals surface area contributed by atoms with Crippen LogP contribution in [0.15, 0.2) is 23.1 Å². The average molecular weight is 313 g/mol. The molecule has 0 aromatic heterocycles. The van der Waals surface area contributed by atoms with Gasteiger partial charge in [0.1, 0.15) is 11.4 Å². The molecule has 0 saturated heterocycles.